The highest BCUT2D eigenvalue weighted by Crippen LogP contribution is 2.15. The van der Waals surface area contributed by atoms with Gasteiger partial charge in [-0.15, -0.1) is 0 Å². The van der Waals surface area contributed by atoms with Gasteiger partial charge >= 0.3 is 5.97 Å². The molecule has 0 rings (SSSR count). The van der Waals surface area contributed by atoms with E-state index in [0.717, 1.165) is 38.5 Å². The molecule has 1 atom stereocenters. The van der Waals surface area contributed by atoms with Crippen LogP contribution in [-0.4, -0.2) is 11.1 Å². The Bertz CT molecular complexity index is 305. The summed E-state index contributed by atoms with van der Waals surface area (Å²) in [6.45, 7) is 4.20. The van der Waals surface area contributed by atoms with Crippen molar-refractivity contribution < 1.29 is 9.90 Å². The van der Waals surface area contributed by atoms with Gasteiger partial charge in [-0.3, -0.25) is 4.79 Å². The number of aliphatic carboxylic acids is 1. The molecule has 0 heterocycles. The third-order valence-electron chi connectivity index (χ3n) is 4.10. The van der Waals surface area contributed by atoms with E-state index >= 15 is 0 Å². The van der Waals surface area contributed by atoms with Gasteiger partial charge in [-0.05, 0) is 44.9 Å². The first-order chi connectivity index (χ1) is 10.7. The Labute approximate surface area is 137 Å². The highest BCUT2D eigenvalue weighted by Gasteiger charge is 2.13. The van der Waals surface area contributed by atoms with E-state index in [1.807, 2.05) is 6.92 Å². The van der Waals surface area contributed by atoms with Gasteiger partial charge in [0.1, 0.15) is 0 Å². The van der Waals surface area contributed by atoms with Gasteiger partial charge in [0.2, 0.25) is 0 Å². The smallest absolute Gasteiger partial charge is 0.306 e. The van der Waals surface area contributed by atoms with E-state index in [4.69, 9.17) is 5.11 Å². The molecule has 0 radical (unpaired) electrons. The van der Waals surface area contributed by atoms with Gasteiger partial charge < -0.3 is 5.11 Å². The summed E-state index contributed by atoms with van der Waals surface area (Å²) in [6, 6.07) is 0. The lowest BCUT2D eigenvalue weighted by molar-refractivity contribution is -0.142. The Hall–Kier alpha value is -1.05. The zero-order valence-electron chi connectivity index (χ0n) is 14.7. The van der Waals surface area contributed by atoms with Crippen LogP contribution in [0.15, 0.2) is 24.3 Å². The number of hydrogen-bond donors (Lipinski definition) is 1. The van der Waals surface area contributed by atoms with Gasteiger partial charge in [-0.2, -0.15) is 0 Å². The highest BCUT2D eigenvalue weighted by molar-refractivity contribution is 5.69. The van der Waals surface area contributed by atoms with Crippen molar-refractivity contribution in [2.24, 2.45) is 5.92 Å². The normalized spacial score (nSPS) is 13.2. The summed E-state index contributed by atoms with van der Waals surface area (Å²) in [4.78, 5) is 10.9. The molecule has 0 fully saturated rings. The summed E-state index contributed by atoms with van der Waals surface area (Å²) < 4.78 is 0. The van der Waals surface area contributed by atoms with Crippen molar-refractivity contribution in [2.75, 3.05) is 0 Å². The minimum atomic E-state index is -0.631. The third-order valence-corrected chi connectivity index (χ3v) is 4.10. The Morgan fingerprint density at radius 1 is 0.864 bits per heavy atom. The van der Waals surface area contributed by atoms with Crippen LogP contribution in [0, 0.1) is 5.92 Å². The van der Waals surface area contributed by atoms with Crippen LogP contribution < -0.4 is 0 Å². The van der Waals surface area contributed by atoms with E-state index < -0.39 is 5.97 Å². The van der Waals surface area contributed by atoms with Gasteiger partial charge in [0.15, 0.2) is 0 Å². The lowest BCUT2D eigenvalue weighted by Gasteiger charge is -2.08. The fraction of sp³-hybridized carbons (Fsp3) is 0.750. The number of hydrogen-bond acceptors (Lipinski definition) is 1. The van der Waals surface area contributed by atoms with Crippen molar-refractivity contribution in [2.45, 2.75) is 90.9 Å². The summed E-state index contributed by atoms with van der Waals surface area (Å²) in [5.41, 5.74) is 0. The maximum Gasteiger partial charge on any atom is 0.306 e. The topological polar surface area (TPSA) is 37.3 Å². The zero-order chi connectivity index (χ0) is 16.5. The van der Waals surface area contributed by atoms with E-state index in [1.165, 1.54) is 38.5 Å². The first-order valence-corrected chi connectivity index (χ1v) is 9.25. The van der Waals surface area contributed by atoms with Crippen LogP contribution in [0.4, 0.5) is 0 Å². The Morgan fingerprint density at radius 2 is 1.45 bits per heavy atom. The zero-order valence-corrected chi connectivity index (χ0v) is 14.7. The van der Waals surface area contributed by atoms with Crippen molar-refractivity contribution in [1.29, 1.82) is 0 Å². The largest absolute Gasteiger partial charge is 0.481 e. The number of carbonyl (C=O) groups is 1. The van der Waals surface area contributed by atoms with Crippen LogP contribution in [0.3, 0.4) is 0 Å². The molecule has 0 aromatic rings. The first-order valence-electron chi connectivity index (χ1n) is 9.25. The SMILES string of the molecule is CCCCC/C=C\C/C=C\CCCCCCC(CC)C(=O)O. The van der Waals surface area contributed by atoms with Crippen LogP contribution in [0.1, 0.15) is 90.9 Å². The van der Waals surface area contributed by atoms with Gasteiger partial charge in [-0.25, -0.2) is 0 Å². The summed E-state index contributed by atoms with van der Waals surface area (Å²) >= 11 is 0. The quantitative estimate of drug-likeness (QED) is 0.276. The first kappa shape index (κ1) is 20.9. The van der Waals surface area contributed by atoms with Crippen molar-refractivity contribution in [3.8, 4) is 0 Å². The van der Waals surface area contributed by atoms with Crippen molar-refractivity contribution >= 4 is 5.97 Å². The molecule has 0 saturated carbocycles. The summed E-state index contributed by atoms with van der Waals surface area (Å²) in [5.74, 6) is -0.766. The van der Waals surface area contributed by atoms with Crippen molar-refractivity contribution in [3.05, 3.63) is 24.3 Å². The van der Waals surface area contributed by atoms with Crippen molar-refractivity contribution in [1.82, 2.24) is 0 Å². The molecular formula is C20H36O2. The van der Waals surface area contributed by atoms with Gasteiger partial charge in [-0.1, -0.05) is 70.3 Å². The molecule has 0 aliphatic carbocycles. The fourth-order valence-electron chi connectivity index (χ4n) is 2.53. The predicted molar refractivity (Wildman–Crippen MR) is 96.2 cm³/mol. The average Bonchev–Trinajstić information content (AvgIpc) is 2.51. The lowest BCUT2D eigenvalue weighted by atomic mass is 9.98. The lowest BCUT2D eigenvalue weighted by Crippen LogP contribution is -2.12. The molecule has 2 heteroatoms. The summed E-state index contributed by atoms with van der Waals surface area (Å²) in [6.07, 6.45) is 22.7. The monoisotopic (exact) mass is 308 g/mol. The average molecular weight is 309 g/mol. The van der Waals surface area contributed by atoms with Gasteiger partial charge in [0, 0.05) is 0 Å². The van der Waals surface area contributed by atoms with Crippen LogP contribution in [-0.2, 0) is 4.79 Å². The molecule has 0 bridgehead atoms. The second kappa shape index (κ2) is 16.3. The van der Waals surface area contributed by atoms with Crippen LogP contribution >= 0.6 is 0 Å². The van der Waals surface area contributed by atoms with E-state index in [0.29, 0.717) is 0 Å². The maximum atomic E-state index is 10.9. The van der Waals surface area contributed by atoms with E-state index in [2.05, 4.69) is 31.2 Å². The van der Waals surface area contributed by atoms with Crippen molar-refractivity contribution in [3.63, 3.8) is 0 Å². The van der Waals surface area contributed by atoms with Gasteiger partial charge in [0.05, 0.1) is 5.92 Å². The van der Waals surface area contributed by atoms with Gasteiger partial charge in [0.25, 0.3) is 0 Å². The number of carboxylic acids is 1. The Kier molecular flexibility index (Phi) is 15.5. The minimum absolute atomic E-state index is 0.135. The molecule has 0 aliphatic heterocycles. The number of rotatable bonds is 15. The number of carboxylic acid groups (broad SMARTS) is 1. The second-order valence-electron chi connectivity index (χ2n) is 6.11. The molecule has 0 aliphatic rings. The third kappa shape index (κ3) is 13.9. The maximum absolute atomic E-state index is 10.9. The minimum Gasteiger partial charge on any atom is -0.481 e. The number of allylic oxidation sites excluding steroid dienone is 4. The standard InChI is InChI=1S/C20H36O2/c1-3-5-6-7-8-9-10-11-12-13-14-15-16-17-18-19(4-2)20(21)22/h8-9,11-12,19H,3-7,10,13-18H2,1-2H3,(H,21,22)/b9-8-,12-11-. The molecular weight excluding hydrogens is 272 g/mol. The molecule has 2 nitrogen and oxygen atoms in total. The van der Waals surface area contributed by atoms with Crippen LogP contribution in [0.2, 0.25) is 0 Å². The Morgan fingerprint density at radius 3 is 2.00 bits per heavy atom. The van der Waals surface area contributed by atoms with Crippen LogP contribution in [0.5, 0.6) is 0 Å². The molecule has 1 unspecified atom stereocenters. The molecule has 0 aromatic heterocycles. The Balaban J connectivity index is 3.35. The second-order valence-corrected chi connectivity index (χ2v) is 6.11. The summed E-state index contributed by atoms with van der Waals surface area (Å²) in [5, 5.41) is 8.96. The number of unbranched alkanes of at least 4 members (excludes halogenated alkanes) is 7. The van der Waals surface area contributed by atoms with E-state index in [9.17, 15) is 4.79 Å². The highest BCUT2D eigenvalue weighted by atomic mass is 16.4. The molecule has 0 amide bonds. The predicted octanol–water partition coefficient (Wildman–Crippen LogP) is 6.52. The fourth-order valence-corrected chi connectivity index (χ4v) is 2.53. The molecule has 1 N–H and O–H groups in total. The van der Waals surface area contributed by atoms with Crippen LogP contribution in [0.25, 0.3) is 0 Å². The summed E-state index contributed by atoms with van der Waals surface area (Å²) in [7, 11) is 0. The molecule has 0 saturated heterocycles. The molecule has 22 heavy (non-hydrogen) atoms. The van der Waals surface area contributed by atoms with E-state index in [1.54, 1.807) is 0 Å². The molecule has 0 aromatic carbocycles. The molecule has 128 valence electrons. The van der Waals surface area contributed by atoms with E-state index in [-0.39, 0.29) is 5.92 Å². The molecule has 0 spiro atoms.